The van der Waals surface area contributed by atoms with E-state index >= 15 is 0 Å². The zero-order valence-corrected chi connectivity index (χ0v) is 29.1. The zero-order chi connectivity index (χ0) is 33.4. The summed E-state index contributed by atoms with van der Waals surface area (Å²) < 4.78 is 2.01. The molecule has 0 bridgehead atoms. The molecule has 4 unspecified atom stereocenters. The molecule has 1 aliphatic heterocycles. The number of Topliss-reactive ketones (excluding diaryl/α,β-unsaturated/α-hetero) is 2. The summed E-state index contributed by atoms with van der Waals surface area (Å²) in [6.45, 7) is 15.7. The van der Waals surface area contributed by atoms with Crippen molar-refractivity contribution in [3.63, 3.8) is 0 Å². The van der Waals surface area contributed by atoms with Crippen LogP contribution >= 0.6 is 23.5 Å². The van der Waals surface area contributed by atoms with Crippen molar-refractivity contribution >= 4 is 53.0 Å². The van der Waals surface area contributed by atoms with E-state index in [9.17, 15) is 24.0 Å². The third-order valence-electron chi connectivity index (χ3n) is 7.63. The second-order valence-corrected chi connectivity index (χ2v) is 15.0. The van der Waals surface area contributed by atoms with E-state index in [2.05, 4.69) is 16.0 Å². The van der Waals surface area contributed by atoms with E-state index in [1.54, 1.807) is 0 Å². The maximum atomic E-state index is 13.8. The third kappa shape index (κ3) is 11.1. The van der Waals surface area contributed by atoms with Crippen molar-refractivity contribution in [2.75, 3.05) is 20.1 Å². The van der Waals surface area contributed by atoms with Crippen molar-refractivity contribution in [1.82, 2.24) is 25.2 Å². The molecule has 44 heavy (non-hydrogen) atoms. The van der Waals surface area contributed by atoms with Gasteiger partial charge in [0.25, 0.3) is 0 Å². The average molecular weight is 652 g/mol. The number of hydrogen-bond donors (Lipinski definition) is 3. The lowest BCUT2D eigenvalue weighted by atomic mass is 9.86. The van der Waals surface area contributed by atoms with Crippen LogP contribution in [-0.4, -0.2) is 82.9 Å². The van der Waals surface area contributed by atoms with E-state index in [-0.39, 0.29) is 29.2 Å². The van der Waals surface area contributed by atoms with E-state index in [4.69, 9.17) is 11.6 Å². The summed E-state index contributed by atoms with van der Waals surface area (Å²) in [6.07, 6.45) is 1.36. The lowest BCUT2D eigenvalue weighted by Gasteiger charge is -2.35. The van der Waals surface area contributed by atoms with E-state index in [1.807, 2.05) is 84.1 Å². The van der Waals surface area contributed by atoms with Crippen LogP contribution in [-0.2, 0) is 19.2 Å². The van der Waals surface area contributed by atoms with Gasteiger partial charge in [0.1, 0.15) is 12.1 Å². The molecule has 1 aromatic rings. The van der Waals surface area contributed by atoms with Gasteiger partial charge in [0.05, 0.1) is 11.1 Å². The fourth-order valence-corrected chi connectivity index (χ4v) is 6.16. The maximum absolute atomic E-state index is 13.8. The molecule has 4 atom stereocenters. The molecule has 0 radical (unpaired) electrons. The van der Waals surface area contributed by atoms with Crippen LogP contribution in [0.2, 0.25) is 5.02 Å². The zero-order valence-electron chi connectivity index (χ0n) is 27.5. The van der Waals surface area contributed by atoms with Crippen LogP contribution in [0.15, 0.2) is 29.2 Å². The first-order chi connectivity index (χ1) is 20.4. The smallest absolute Gasteiger partial charge is 0.315 e. The standard InChI is InChI=1S/C32H50ClN5O5S/c1-19(2)17-23(28(40)21(5)39)34-29(41)24-14-12-16-38(24)30(42)27(20(3)4)36-31(43)35-26(32(6,7)8)18-37(9)44-25-15-11-10-13-22(25)33/h10-11,13,15,19-20,23-24,26-27H,12,14,16-18H2,1-9H3,(H,34,41)(H2,35,36,43). The second-order valence-electron chi connectivity index (χ2n) is 13.4. The highest BCUT2D eigenvalue weighted by molar-refractivity contribution is 7.97. The predicted octanol–water partition coefficient (Wildman–Crippen LogP) is 4.70. The maximum Gasteiger partial charge on any atom is 0.315 e. The summed E-state index contributed by atoms with van der Waals surface area (Å²) >= 11 is 7.82. The van der Waals surface area contributed by atoms with Gasteiger partial charge in [0, 0.05) is 31.0 Å². The van der Waals surface area contributed by atoms with Gasteiger partial charge in [-0.05, 0) is 67.6 Å². The summed E-state index contributed by atoms with van der Waals surface area (Å²) in [5.74, 6) is -2.26. The van der Waals surface area contributed by atoms with Gasteiger partial charge in [-0.3, -0.25) is 19.2 Å². The molecular formula is C32H50ClN5O5S. The molecular weight excluding hydrogens is 602 g/mol. The molecule has 1 aromatic carbocycles. The number of hydrogen-bond acceptors (Lipinski definition) is 7. The topological polar surface area (TPSA) is 128 Å². The molecule has 4 amide bonds. The minimum Gasteiger partial charge on any atom is -0.344 e. The molecule has 0 spiro atoms. The van der Waals surface area contributed by atoms with Crippen molar-refractivity contribution in [1.29, 1.82) is 0 Å². The van der Waals surface area contributed by atoms with Gasteiger partial charge in [0.15, 0.2) is 5.78 Å². The Bertz CT molecular complexity index is 1190. The molecule has 3 N–H and O–H groups in total. The fourth-order valence-electron chi connectivity index (χ4n) is 5.07. The molecule has 12 heteroatoms. The lowest BCUT2D eigenvalue weighted by molar-refractivity contribution is -0.142. The van der Waals surface area contributed by atoms with Gasteiger partial charge in [-0.25, -0.2) is 9.10 Å². The van der Waals surface area contributed by atoms with Crippen LogP contribution in [0, 0.1) is 17.3 Å². The van der Waals surface area contributed by atoms with E-state index in [0.717, 1.165) is 4.90 Å². The van der Waals surface area contributed by atoms with Crippen LogP contribution in [0.4, 0.5) is 4.79 Å². The SMILES string of the molecule is CC(=O)C(=O)C(CC(C)C)NC(=O)C1CCCN1C(=O)C(NC(=O)NC(CN(C)Sc1ccccc1Cl)C(C)(C)C)C(C)C. The number of likely N-dealkylation sites (N-methyl/N-ethyl adjacent to an activating group) is 1. The number of benzene rings is 1. The minimum absolute atomic E-state index is 0.0735. The van der Waals surface area contributed by atoms with Crippen molar-refractivity contribution in [3.05, 3.63) is 29.3 Å². The average Bonchev–Trinajstić information content (AvgIpc) is 3.41. The quantitative estimate of drug-likeness (QED) is 0.197. The van der Waals surface area contributed by atoms with Crippen molar-refractivity contribution in [3.8, 4) is 0 Å². The van der Waals surface area contributed by atoms with E-state index < -0.39 is 41.6 Å². The summed E-state index contributed by atoms with van der Waals surface area (Å²) in [5, 5.41) is 9.31. The fraction of sp³-hybridized carbons (Fsp3) is 0.656. The van der Waals surface area contributed by atoms with Gasteiger partial charge in [-0.2, -0.15) is 0 Å². The van der Waals surface area contributed by atoms with Crippen LogP contribution in [0.3, 0.4) is 0 Å². The number of amides is 4. The molecule has 1 aliphatic rings. The minimum atomic E-state index is -0.939. The van der Waals surface area contributed by atoms with E-state index in [1.165, 1.54) is 23.8 Å². The Balaban J connectivity index is 2.13. The molecule has 0 aromatic heterocycles. The second kappa shape index (κ2) is 16.6. The van der Waals surface area contributed by atoms with Crippen LogP contribution in [0.5, 0.6) is 0 Å². The van der Waals surface area contributed by atoms with Gasteiger partial charge in [-0.1, -0.05) is 72.2 Å². The van der Waals surface area contributed by atoms with Crippen LogP contribution in [0.25, 0.3) is 0 Å². The monoisotopic (exact) mass is 651 g/mol. The predicted molar refractivity (Wildman–Crippen MR) is 175 cm³/mol. The van der Waals surface area contributed by atoms with Crippen molar-refractivity contribution < 1.29 is 24.0 Å². The molecule has 246 valence electrons. The summed E-state index contributed by atoms with van der Waals surface area (Å²) in [6, 6.07) is 4.21. The Morgan fingerprint density at radius 2 is 1.68 bits per heavy atom. The van der Waals surface area contributed by atoms with E-state index in [0.29, 0.717) is 37.4 Å². The Kier molecular flexibility index (Phi) is 14.2. The Morgan fingerprint density at radius 1 is 1.05 bits per heavy atom. The van der Waals surface area contributed by atoms with Gasteiger partial charge in [-0.15, -0.1) is 0 Å². The van der Waals surface area contributed by atoms with Crippen molar-refractivity contribution in [2.24, 2.45) is 17.3 Å². The summed E-state index contributed by atoms with van der Waals surface area (Å²) in [7, 11) is 1.93. The normalized spacial score (nSPS) is 17.4. The first kappa shape index (κ1) is 37.6. The molecule has 1 fully saturated rings. The highest BCUT2D eigenvalue weighted by atomic mass is 35.5. The number of nitrogens with one attached hydrogen (secondary N) is 3. The van der Waals surface area contributed by atoms with Crippen LogP contribution < -0.4 is 16.0 Å². The highest BCUT2D eigenvalue weighted by Gasteiger charge is 2.40. The first-order valence-corrected chi connectivity index (χ1v) is 16.4. The van der Waals surface area contributed by atoms with Gasteiger partial charge in [0.2, 0.25) is 17.6 Å². The number of rotatable bonds is 14. The molecule has 0 aliphatic carbocycles. The first-order valence-electron chi connectivity index (χ1n) is 15.3. The Labute approximate surface area is 271 Å². The van der Waals surface area contributed by atoms with Gasteiger partial charge < -0.3 is 20.9 Å². The Hall–Kier alpha value is -2.63. The molecule has 0 saturated carbocycles. The number of likely N-dealkylation sites (tertiary alicyclic amines) is 1. The lowest BCUT2D eigenvalue weighted by Crippen LogP contribution is -2.59. The largest absolute Gasteiger partial charge is 0.344 e. The number of nitrogens with zero attached hydrogens (tertiary/aromatic N) is 2. The number of halogens is 1. The number of carbonyl (C=O) groups excluding carboxylic acids is 5. The highest BCUT2D eigenvalue weighted by Crippen LogP contribution is 2.30. The Morgan fingerprint density at radius 3 is 2.23 bits per heavy atom. The molecule has 1 saturated heterocycles. The van der Waals surface area contributed by atoms with Gasteiger partial charge >= 0.3 is 6.03 Å². The number of urea groups is 1. The summed E-state index contributed by atoms with van der Waals surface area (Å²) in [4.78, 5) is 67.1. The van der Waals surface area contributed by atoms with Crippen molar-refractivity contribution in [2.45, 2.75) is 104 Å². The molecule has 1 heterocycles. The number of ketones is 2. The summed E-state index contributed by atoms with van der Waals surface area (Å²) in [5.41, 5.74) is -0.300. The molecule has 10 nitrogen and oxygen atoms in total. The van der Waals surface area contributed by atoms with Crippen LogP contribution in [0.1, 0.15) is 74.7 Å². The molecule has 2 rings (SSSR count). The number of carbonyl (C=O) groups is 5. The third-order valence-corrected chi connectivity index (χ3v) is 9.08.